The zero-order chi connectivity index (χ0) is 21.0. The van der Waals surface area contributed by atoms with Crippen molar-refractivity contribution in [3.05, 3.63) is 46.2 Å². The molecule has 8 nitrogen and oxygen atoms in total. The van der Waals surface area contributed by atoms with Gasteiger partial charge in [0.2, 0.25) is 0 Å². The summed E-state index contributed by atoms with van der Waals surface area (Å²) in [5, 5.41) is 14.1. The van der Waals surface area contributed by atoms with Gasteiger partial charge in [-0.05, 0) is 31.5 Å². The molecule has 0 bridgehead atoms. The zero-order valence-corrected chi connectivity index (χ0v) is 18.2. The molecule has 2 saturated heterocycles. The number of likely N-dealkylation sites (tertiary alicyclic amines) is 1. The largest absolute Gasteiger partial charge is 0.383 e. The Bertz CT molecular complexity index is 832. The predicted octanol–water partition coefficient (Wildman–Crippen LogP) is 1.91. The first-order chi connectivity index (χ1) is 14.5. The molecular formula is C21H29N5O3S. The number of morpholine rings is 1. The molecule has 9 heteroatoms. The van der Waals surface area contributed by atoms with Crippen molar-refractivity contribution in [2.24, 2.45) is 0 Å². The third-order valence-corrected chi connectivity index (χ3v) is 6.59. The number of urea groups is 1. The van der Waals surface area contributed by atoms with E-state index in [0.717, 1.165) is 29.4 Å². The number of hydrogen-bond acceptors (Lipinski definition) is 7. The van der Waals surface area contributed by atoms with Gasteiger partial charge in [-0.15, -0.1) is 11.3 Å². The van der Waals surface area contributed by atoms with Gasteiger partial charge in [-0.3, -0.25) is 9.88 Å². The van der Waals surface area contributed by atoms with Crippen molar-refractivity contribution in [3.8, 4) is 0 Å². The highest BCUT2D eigenvalue weighted by Gasteiger charge is 2.38. The number of aromatic nitrogens is 2. The zero-order valence-electron chi connectivity index (χ0n) is 17.4. The normalized spacial score (nSPS) is 19.3. The Morgan fingerprint density at radius 1 is 1.23 bits per heavy atom. The molecule has 1 N–H and O–H groups in total. The molecule has 2 aliphatic rings. The molecule has 0 unspecified atom stereocenters. The van der Waals surface area contributed by atoms with Crippen molar-refractivity contribution in [2.75, 3.05) is 46.4 Å². The summed E-state index contributed by atoms with van der Waals surface area (Å²) in [6.45, 7) is 5.08. The average molecular weight is 432 g/mol. The summed E-state index contributed by atoms with van der Waals surface area (Å²) in [7, 11) is 2.05. The molecule has 4 heterocycles. The van der Waals surface area contributed by atoms with E-state index in [1.807, 2.05) is 27.4 Å². The minimum absolute atomic E-state index is 0.0522. The minimum atomic E-state index is -0.960. The summed E-state index contributed by atoms with van der Waals surface area (Å²) >= 11 is 1.58. The van der Waals surface area contributed by atoms with Gasteiger partial charge in [0, 0.05) is 50.5 Å². The van der Waals surface area contributed by atoms with E-state index in [1.54, 1.807) is 17.5 Å². The number of carbonyl (C=O) groups is 1. The van der Waals surface area contributed by atoms with Crippen molar-refractivity contribution in [1.82, 2.24) is 24.7 Å². The number of piperidine rings is 1. The summed E-state index contributed by atoms with van der Waals surface area (Å²) in [5.74, 6) is 0. The fourth-order valence-electron chi connectivity index (χ4n) is 3.97. The third kappa shape index (κ3) is 4.97. The van der Waals surface area contributed by atoms with E-state index in [4.69, 9.17) is 9.72 Å². The van der Waals surface area contributed by atoms with Crippen molar-refractivity contribution < 1.29 is 14.6 Å². The molecule has 2 amide bonds. The SMILES string of the molecule is CN(Cc1cccnc1)Cc1nc(C2(O)CCN(C(=O)N3CCOCC3)CC2)cs1. The number of hydrogen-bond donors (Lipinski definition) is 1. The molecule has 30 heavy (non-hydrogen) atoms. The molecule has 0 saturated carbocycles. The number of amides is 2. The predicted molar refractivity (Wildman–Crippen MR) is 114 cm³/mol. The van der Waals surface area contributed by atoms with E-state index in [9.17, 15) is 9.90 Å². The lowest BCUT2D eigenvalue weighted by Crippen LogP contribution is -2.52. The molecule has 0 atom stereocenters. The lowest BCUT2D eigenvalue weighted by Gasteiger charge is -2.40. The number of pyridine rings is 1. The second kappa shape index (κ2) is 9.38. The van der Waals surface area contributed by atoms with Crippen LogP contribution in [0.5, 0.6) is 0 Å². The lowest BCUT2D eigenvalue weighted by atomic mass is 9.89. The first kappa shape index (κ1) is 21.2. The topological polar surface area (TPSA) is 82.0 Å². The van der Waals surface area contributed by atoms with Crippen molar-refractivity contribution >= 4 is 17.4 Å². The number of nitrogens with zero attached hydrogens (tertiary/aromatic N) is 5. The lowest BCUT2D eigenvalue weighted by molar-refractivity contribution is -0.0265. The Balaban J connectivity index is 1.31. The maximum absolute atomic E-state index is 12.7. The summed E-state index contributed by atoms with van der Waals surface area (Å²) in [5.41, 5.74) is 0.932. The number of carbonyl (C=O) groups excluding carboxylic acids is 1. The average Bonchev–Trinajstić information content (AvgIpc) is 3.24. The highest BCUT2D eigenvalue weighted by atomic mass is 32.1. The maximum Gasteiger partial charge on any atom is 0.320 e. The van der Waals surface area contributed by atoms with E-state index in [1.165, 1.54) is 0 Å². The van der Waals surface area contributed by atoms with E-state index in [0.29, 0.717) is 52.2 Å². The van der Waals surface area contributed by atoms with Gasteiger partial charge >= 0.3 is 6.03 Å². The van der Waals surface area contributed by atoms with Crippen LogP contribution in [0.25, 0.3) is 0 Å². The number of thiazole rings is 1. The Kier molecular flexibility index (Phi) is 6.62. The molecule has 162 valence electrons. The molecule has 2 fully saturated rings. The van der Waals surface area contributed by atoms with Crippen LogP contribution in [0, 0.1) is 0 Å². The monoisotopic (exact) mass is 431 g/mol. The molecule has 4 rings (SSSR count). The van der Waals surface area contributed by atoms with E-state index >= 15 is 0 Å². The van der Waals surface area contributed by atoms with E-state index < -0.39 is 5.60 Å². The Labute approximate surface area is 181 Å². The number of aliphatic hydroxyl groups is 1. The van der Waals surface area contributed by atoms with E-state index in [2.05, 4.69) is 23.0 Å². The molecular weight excluding hydrogens is 402 g/mol. The van der Waals surface area contributed by atoms with Crippen LogP contribution < -0.4 is 0 Å². The Morgan fingerprint density at radius 2 is 1.97 bits per heavy atom. The van der Waals surface area contributed by atoms with Crippen LogP contribution in [-0.2, 0) is 23.4 Å². The van der Waals surface area contributed by atoms with Crippen molar-refractivity contribution in [2.45, 2.75) is 31.5 Å². The molecule has 2 aliphatic heterocycles. The number of rotatable bonds is 5. The van der Waals surface area contributed by atoms with Gasteiger partial charge in [-0.25, -0.2) is 9.78 Å². The third-order valence-electron chi connectivity index (χ3n) is 5.75. The van der Waals surface area contributed by atoms with Crippen LogP contribution in [0.3, 0.4) is 0 Å². The minimum Gasteiger partial charge on any atom is -0.383 e. The fraction of sp³-hybridized carbons (Fsp3) is 0.571. The molecule has 0 radical (unpaired) electrons. The highest BCUT2D eigenvalue weighted by Crippen LogP contribution is 2.34. The Hall–Kier alpha value is -2.07. The highest BCUT2D eigenvalue weighted by molar-refractivity contribution is 7.09. The van der Waals surface area contributed by atoms with Gasteiger partial charge in [0.25, 0.3) is 0 Å². The Morgan fingerprint density at radius 3 is 2.67 bits per heavy atom. The molecule has 0 spiro atoms. The van der Waals surface area contributed by atoms with Crippen LogP contribution in [0.2, 0.25) is 0 Å². The second-order valence-corrected chi connectivity index (χ2v) is 9.00. The van der Waals surface area contributed by atoms with Gasteiger partial charge < -0.3 is 19.6 Å². The van der Waals surface area contributed by atoms with Crippen molar-refractivity contribution in [1.29, 1.82) is 0 Å². The molecule has 2 aromatic rings. The summed E-state index contributed by atoms with van der Waals surface area (Å²) < 4.78 is 5.32. The van der Waals surface area contributed by atoms with Gasteiger partial charge in [-0.2, -0.15) is 0 Å². The smallest absolute Gasteiger partial charge is 0.320 e. The number of ether oxygens (including phenoxy) is 1. The maximum atomic E-state index is 12.7. The van der Waals surface area contributed by atoms with Crippen molar-refractivity contribution in [3.63, 3.8) is 0 Å². The summed E-state index contributed by atoms with van der Waals surface area (Å²) in [6.07, 6.45) is 4.67. The standard InChI is InChI=1S/C21H29N5O3S/c1-24(14-17-3-2-6-22-13-17)15-19-23-18(16-30-19)21(28)4-7-25(8-5-21)20(27)26-9-11-29-12-10-26/h2-3,6,13,16,28H,4-5,7-12,14-15H2,1H3. The molecule has 0 aromatic carbocycles. The molecule has 2 aromatic heterocycles. The van der Waals surface area contributed by atoms with Gasteiger partial charge in [-0.1, -0.05) is 6.07 Å². The summed E-state index contributed by atoms with van der Waals surface area (Å²) in [6, 6.07) is 4.05. The van der Waals surface area contributed by atoms with Crippen LogP contribution in [0.1, 0.15) is 29.1 Å². The van der Waals surface area contributed by atoms with Gasteiger partial charge in [0.05, 0.1) is 25.5 Å². The van der Waals surface area contributed by atoms with Gasteiger partial charge in [0.15, 0.2) is 0 Å². The quantitative estimate of drug-likeness (QED) is 0.779. The summed E-state index contributed by atoms with van der Waals surface area (Å²) in [4.78, 5) is 27.4. The first-order valence-electron chi connectivity index (χ1n) is 10.4. The van der Waals surface area contributed by atoms with Crippen LogP contribution >= 0.6 is 11.3 Å². The van der Waals surface area contributed by atoms with Crippen LogP contribution in [0.4, 0.5) is 4.79 Å². The van der Waals surface area contributed by atoms with E-state index in [-0.39, 0.29) is 6.03 Å². The van der Waals surface area contributed by atoms with Crippen LogP contribution in [0.15, 0.2) is 29.9 Å². The first-order valence-corrected chi connectivity index (χ1v) is 11.3. The fourth-order valence-corrected chi connectivity index (χ4v) is 4.93. The van der Waals surface area contributed by atoms with Crippen LogP contribution in [-0.4, -0.2) is 82.2 Å². The molecule has 0 aliphatic carbocycles. The van der Waals surface area contributed by atoms with Gasteiger partial charge in [0.1, 0.15) is 10.6 Å². The second-order valence-electron chi connectivity index (χ2n) is 8.06.